The van der Waals surface area contributed by atoms with E-state index < -0.39 is 0 Å². The van der Waals surface area contributed by atoms with Crippen LogP contribution in [0.15, 0.2) is 0 Å². The average Bonchev–Trinajstić information content (AvgIpc) is 3.19. The lowest BCUT2D eigenvalue weighted by molar-refractivity contribution is 0.574. The van der Waals surface area contributed by atoms with Crippen LogP contribution in [-0.2, 0) is 13.0 Å². The summed E-state index contributed by atoms with van der Waals surface area (Å²) in [5.74, 6) is 0.686. The monoisotopic (exact) mass is 293 g/mol. The highest BCUT2D eigenvalue weighted by Gasteiger charge is 2.23. The number of hydrogen-bond acceptors (Lipinski definition) is 4. The molecule has 1 aliphatic carbocycles. The quantitative estimate of drug-likeness (QED) is 0.869. The Kier molecular flexibility index (Phi) is 4.61. The number of anilines is 1. The molecule has 2 aliphatic rings. The van der Waals surface area contributed by atoms with Gasteiger partial charge in [-0.1, -0.05) is 13.8 Å². The van der Waals surface area contributed by atoms with E-state index >= 15 is 0 Å². The Balaban J connectivity index is 1.72. The van der Waals surface area contributed by atoms with Crippen molar-refractivity contribution in [1.29, 1.82) is 0 Å². The summed E-state index contributed by atoms with van der Waals surface area (Å²) in [6.45, 7) is 8.00. The molecule has 0 aromatic carbocycles. The third kappa shape index (κ3) is 3.73. The Morgan fingerprint density at radius 1 is 1.25 bits per heavy atom. The van der Waals surface area contributed by atoms with Gasteiger partial charge in [0.15, 0.2) is 5.13 Å². The zero-order chi connectivity index (χ0) is 13.9. The first-order chi connectivity index (χ1) is 9.72. The molecule has 1 aromatic rings. The lowest BCUT2D eigenvalue weighted by Gasteiger charge is -2.25. The largest absolute Gasteiger partial charge is 0.348 e. The van der Waals surface area contributed by atoms with Gasteiger partial charge < -0.3 is 10.2 Å². The standard InChI is InChI=1S/C16H27N3S/c1-12(2)10-14-15(11-17-13-6-7-13)20-16(18-14)19-8-4-3-5-9-19/h12-13,17H,3-11H2,1-2H3. The average molecular weight is 293 g/mol. The molecule has 4 heteroatoms. The zero-order valence-electron chi connectivity index (χ0n) is 12.8. The highest BCUT2D eigenvalue weighted by molar-refractivity contribution is 7.15. The summed E-state index contributed by atoms with van der Waals surface area (Å²) in [7, 11) is 0. The second-order valence-corrected chi connectivity index (χ2v) is 7.73. The van der Waals surface area contributed by atoms with Gasteiger partial charge in [0, 0.05) is 30.6 Å². The molecule has 0 atom stereocenters. The van der Waals surface area contributed by atoms with Crippen molar-refractivity contribution in [3.8, 4) is 0 Å². The van der Waals surface area contributed by atoms with Crippen molar-refractivity contribution in [2.45, 2.75) is 65.0 Å². The fourth-order valence-corrected chi connectivity index (χ4v) is 3.89. The Bertz CT molecular complexity index is 431. The molecule has 3 nitrogen and oxygen atoms in total. The van der Waals surface area contributed by atoms with Crippen molar-refractivity contribution >= 4 is 16.5 Å². The summed E-state index contributed by atoms with van der Waals surface area (Å²) in [4.78, 5) is 8.95. The third-order valence-electron chi connectivity index (χ3n) is 4.12. The van der Waals surface area contributed by atoms with Gasteiger partial charge in [-0.15, -0.1) is 11.3 Å². The van der Waals surface area contributed by atoms with Crippen LogP contribution in [0.5, 0.6) is 0 Å². The highest BCUT2D eigenvalue weighted by Crippen LogP contribution is 2.30. The fourth-order valence-electron chi connectivity index (χ4n) is 2.80. The number of nitrogens with one attached hydrogen (secondary N) is 1. The van der Waals surface area contributed by atoms with Gasteiger partial charge in [-0.3, -0.25) is 0 Å². The van der Waals surface area contributed by atoms with E-state index in [1.54, 1.807) is 0 Å². The van der Waals surface area contributed by atoms with E-state index in [-0.39, 0.29) is 0 Å². The second-order valence-electron chi connectivity index (χ2n) is 6.67. The van der Waals surface area contributed by atoms with Gasteiger partial charge in [-0.05, 0) is 44.4 Å². The van der Waals surface area contributed by atoms with Crippen molar-refractivity contribution in [1.82, 2.24) is 10.3 Å². The van der Waals surface area contributed by atoms with Gasteiger partial charge in [0.2, 0.25) is 0 Å². The van der Waals surface area contributed by atoms with E-state index in [1.807, 2.05) is 11.3 Å². The van der Waals surface area contributed by atoms with Gasteiger partial charge in [-0.25, -0.2) is 4.98 Å². The van der Waals surface area contributed by atoms with Gasteiger partial charge in [0.05, 0.1) is 5.69 Å². The van der Waals surface area contributed by atoms with E-state index in [9.17, 15) is 0 Å². The molecular formula is C16H27N3S. The smallest absolute Gasteiger partial charge is 0.185 e. The van der Waals surface area contributed by atoms with Crippen LogP contribution in [0.3, 0.4) is 0 Å². The molecule has 0 spiro atoms. The molecule has 1 saturated heterocycles. The van der Waals surface area contributed by atoms with E-state index in [1.165, 1.54) is 60.9 Å². The number of rotatable bonds is 6. The van der Waals surface area contributed by atoms with Gasteiger partial charge in [-0.2, -0.15) is 0 Å². The van der Waals surface area contributed by atoms with E-state index in [0.29, 0.717) is 5.92 Å². The summed E-state index contributed by atoms with van der Waals surface area (Å²) in [5, 5.41) is 4.93. The van der Waals surface area contributed by atoms with Crippen molar-refractivity contribution in [2.75, 3.05) is 18.0 Å². The first-order valence-electron chi connectivity index (χ1n) is 8.19. The SMILES string of the molecule is CC(C)Cc1nc(N2CCCCC2)sc1CNC1CC1. The van der Waals surface area contributed by atoms with Crippen molar-refractivity contribution in [3.05, 3.63) is 10.6 Å². The minimum Gasteiger partial charge on any atom is -0.348 e. The summed E-state index contributed by atoms with van der Waals surface area (Å²) < 4.78 is 0. The molecule has 2 heterocycles. The first kappa shape index (κ1) is 14.3. The van der Waals surface area contributed by atoms with Crippen molar-refractivity contribution < 1.29 is 0 Å². The van der Waals surface area contributed by atoms with Crippen LogP contribution in [0.1, 0.15) is 56.5 Å². The lowest BCUT2D eigenvalue weighted by atomic mass is 10.1. The fraction of sp³-hybridized carbons (Fsp3) is 0.812. The minimum atomic E-state index is 0.686. The Morgan fingerprint density at radius 3 is 2.65 bits per heavy atom. The van der Waals surface area contributed by atoms with Crippen LogP contribution < -0.4 is 10.2 Å². The third-order valence-corrected chi connectivity index (χ3v) is 5.28. The molecule has 112 valence electrons. The van der Waals surface area contributed by atoms with E-state index in [4.69, 9.17) is 4.98 Å². The van der Waals surface area contributed by atoms with Crippen LogP contribution in [0, 0.1) is 5.92 Å². The molecule has 2 fully saturated rings. The zero-order valence-corrected chi connectivity index (χ0v) is 13.6. The van der Waals surface area contributed by atoms with E-state index in [0.717, 1.165) is 19.0 Å². The summed E-state index contributed by atoms with van der Waals surface area (Å²) >= 11 is 1.93. The Hall–Kier alpha value is -0.610. The molecule has 1 N–H and O–H groups in total. The van der Waals surface area contributed by atoms with Crippen LogP contribution >= 0.6 is 11.3 Å². The van der Waals surface area contributed by atoms with Gasteiger partial charge in [0.25, 0.3) is 0 Å². The Labute approximate surface area is 126 Å². The molecular weight excluding hydrogens is 266 g/mol. The summed E-state index contributed by atoms with van der Waals surface area (Å²) in [6.07, 6.45) is 7.88. The van der Waals surface area contributed by atoms with Crippen LogP contribution in [0.25, 0.3) is 0 Å². The van der Waals surface area contributed by atoms with E-state index in [2.05, 4.69) is 24.1 Å². The summed E-state index contributed by atoms with van der Waals surface area (Å²) in [5.41, 5.74) is 1.35. The number of piperidine rings is 1. The minimum absolute atomic E-state index is 0.686. The molecule has 0 radical (unpaired) electrons. The molecule has 0 bridgehead atoms. The molecule has 1 saturated carbocycles. The summed E-state index contributed by atoms with van der Waals surface area (Å²) in [6, 6.07) is 0.780. The van der Waals surface area contributed by atoms with Gasteiger partial charge in [0.1, 0.15) is 0 Å². The highest BCUT2D eigenvalue weighted by atomic mass is 32.1. The van der Waals surface area contributed by atoms with Crippen molar-refractivity contribution in [3.63, 3.8) is 0 Å². The molecule has 0 unspecified atom stereocenters. The van der Waals surface area contributed by atoms with Crippen LogP contribution in [0.4, 0.5) is 5.13 Å². The van der Waals surface area contributed by atoms with Crippen molar-refractivity contribution in [2.24, 2.45) is 5.92 Å². The van der Waals surface area contributed by atoms with Crippen LogP contribution in [0.2, 0.25) is 0 Å². The normalized spacial score (nSPS) is 19.9. The first-order valence-corrected chi connectivity index (χ1v) is 9.01. The van der Waals surface area contributed by atoms with Gasteiger partial charge >= 0.3 is 0 Å². The van der Waals surface area contributed by atoms with Crippen LogP contribution in [-0.4, -0.2) is 24.1 Å². The molecule has 0 amide bonds. The Morgan fingerprint density at radius 2 is 2.00 bits per heavy atom. The molecule has 20 heavy (non-hydrogen) atoms. The predicted octanol–water partition coefficient (Wildman–Crippen LogP) is 3.58. The number of nitrogens with zero attached hydrogens (tertiary/aromatic N) is 2. The molecule has 1 aromatic heterocycles. The number of hydrogen-bond donors (Lipinski definition) is 1. The number of thiazole rings is 1. The second kappa shape index (κ2) is 6.44. The topological polar surface area (TPSA) is 28.2 Å². The molecule has 1 aliphatic heterocycles. The number of aromatic nitrogens is 1. The predicted molar refractivity (Wildman–Crippen MR) is 86.6 cm³/mol. The molecule has 3 rings (SSSR count). The lowest BCUT2D eigenvalue weighted by Crippen LogP contribution is -2.29. The maximum absolute atomic E-state index is 4.98. The maximum atomic E-state index is 4.98. The maximum Gasteiger partial charge on any atom is 0.185 e.